The van der Waals surface area contributed by atoms with Crippen LogP contribution in [-0.2, 0) is 9.59 Å². The van der Waals surface area contributed by atoms with Gasteiger partial charge in [-0.1, -0.05) is 25.0 Å². The lowest BCUT2D eigenvalue weighted by atomic mass is 9.94. The fourth-order valence-electron chi connectivity index (χ4n) is 4.14. The number of hydrogen-bond donors (Lipinski definition) is 1. The molecule has 1 unspecified atom stereocenters. The summed E-state index contributed by atoms with van der Waals surface area (Å²) in [5.41, 5.74) is 0.754. The normalized spacial score (nSPS) is 22.2. The van der Waals surface area contributed by atoms with Crippen LogP contribution in [-0.4, -0.2) is 27.7 Å². The molecule has 0 aromatic heterocycles. The summed E-state index contributed by atoms with van der Waals surface area (Å²) >= 11 is 0. The zero-order chi connectivity index (χ0) is 19.8. The van der Waals surface area contributed by atoms with Crippen molar-refractivity contribution in [1.82, 2.24) is 4.90 Å². The first-order valence-electron chi connectivity index (χ1n) is 9.29. The van der Waals surface area contributed by atoms with E-state index < -0.39 is 29.4 Å². The molecule has 2 aromatic rings. The Kier molecular flexibility index (Phi) is 4.71. The first kappa shape index (κ1) is 18.3. The zero-order valence-corrected chi connectivity index (χ0v) is 15.1. The largest absolute Gasteiger partial charge is 0.507 e. The van der Waals surface area contributed by atoms with E-state index in [4.69, 9.17) is 0 Å². The molecule has 0 radical (unpaired) electrons. The number of ketones is 1. The van der Waals surface area contributed by atoms with Crippen LogP contribution in [0.2, 0.25) is 0 Å². The molecule has 0 spiro atoms. The lowest BCUT2D eigenvalue weighted by Crippen LogP contribution is -2.37. The van der Waals surface area contributed by atoms with Gasteiger partial charge in [-0.15, -0.1) is 0 Å². The third-order valence-electron chi connectivity index (χ3n) is 5.50. The second kappa shape index (κ2) is 7.19. The molecule has 144 valence electrons. The maximum absolute atomic E-state index is 13.4. The van der Waals surface area contributed by atoms with Gasteiger partial charge in [0, 0.05) is 11.6 Å². The predicted molar refractivity (Wildman–Crippen MR) is 99.2 cm³/mol. The summed E-state index contributed by atoms with van der Waals surface area (Å²) in [6, 6.07) is 9.73. The van der Waals surface area contributed by atoms with E-state index >= 15 is 0 Å². The van der Waals surface area contributed by atoms with Crippen LogP contribution in [0.3, 0.4) is 0 Å². The van der Waals surface area contributed by atoms with Crippen molar-refractivity contribution >= 4 is 17.4 Å². The SMILES string of the molecule is O=C1C(=O)N(C2CCCC2)C(c2ccc(F)cc2)/C1=C(/O)c1ccc(F)cc1. The number of carbonyl (C=O) groups is 2. The zero-order valence-electron chi connectivity index (χ0n) is 15.1. The number of aliphatic hydroxyl groups excluding tert-OH is 1. The van der Waals surface area contributed by atoms with Gasteiger partial charge in [0.25, 0.3) is 11.7 Å². The van der Waals surface area contributed by atoms with E-state index in [-0.39, 0.29) is 22.9 Å². The van der Waals surface area contributed by atoms with Gasteiger partial charge in [0.05, 0.1) is 11.6 Å². The molecule has 4 nitrogen and oxygen atoms in total. The minimum atomic E-state index is -0.797. The molecular formula is C22H19F2NO3. The number of aliphatic hydroxyl groups is 1. The minimum absolute atomic E-state index is 0.0462. The van der Waals surface area contributed by atoms with Gasteiger partial charge >= 0.3 is 0 Å². The standard InChI is InChI=1S/C22H19F2NO3/c23-15-9-5-13(6-10-15)19-18(20(26)14-7-11-16(24)12-8-14)21(27)22(28)25(19)17-3-1-2-4-17/h5-12,17,19,26H,1-4H2/b20-18-. The predicted octanol–water partition coefficient (Wildman–Crippen LogP) is 4.33. The number of benzene rings is 2. The lowest BCUT2D eigenvalue weighted by Gasteiger charge is -2.30. The van der Waals surface area contributed by atoms with Crippen molar-refractivity contribution in [3.05, 3.63) is 76.9 Å². The van der Waals surface area contributed by atoms with Crippen molar-refractivity contribution < 1.29 is 23.5 Å². The van der Waals surface area contributed by atoms with Crippen LogP contribution >= 0.6 is 0 Å². The topological polar surface area (TPSA) is 57.6 Å². The fourth-order valence-corrected chi connectivity index (χ4v) is 4.14. The van der Waals surface area contributed by atoms with Gasteiger partial charge in [-0.3, -0.25) is 9.59 Å². The summed E-state index contributed by atoms with van der Waals surface area (Å²) in [6.07, 6.45) is 3.48. The summed E-state index contributed by atoms with van der Waals surface area (Å²) in [5, 5.41) is 10.8. The molecule has 1 atom stereocenters. The highest BCUT2D eigenvalue weighted by atomic mass is 19.1. The molecule has 1 N–H and O–H groups in total. The van der Waals surface area contributed by atoms with E-state index in [1.807, 2.05) is 0 Å². The number of likely N-dealkylation sites (tertiary alicyclic amines) is 1. The van der Waals surface area contributed by atoms with Gasteiger partial charge in [0.2, 0.25) is 0 Å². The number of Topliss-reactive ketones (excluding diaryl/α,β-unsaturated/α-hetero) is 1. The van der Waals surface area contributed by atoms with Crippen LogP contribution in [0, 0.1) is 11.6 Å². The van der Waals surface area contributed by atoms with Gasteiger partial charge in [-0.05, 0) is 54.8 Å². The maximum atomic E-state index is 13.4. The van der Waals surface area contributed by atoms with Crippen LogP contribution in [0.25, 0.3) is 5.76 Å². The van der Waals surface area contributed by atoms with Gasteiger partial charge in [0.15, 0.2) is 0 Å². The molecule has 1 saturated heterocycles. The van der Waals surface area contributed by atoms with Crippen molar-refractivity contribution in [3.63, 3.8) is 0 Å². The molecule has 1 aliphatic carbocycles. The lowest BCUT2D eigenvalue weighted by molar-refractivity contribution is -0.141. The van der Waals surface area contributed by atoms with Crippen LogP contribution in [0.4, 0.5) is 8.78 Å². The molecule has 28 heavy (non-hydrogen) atoms. The fraction of sp³-hybridized carbons (Fsp3) is 0.273. The Balaban J connectivity index is 1.87. The molecule has 6 heteroatoms. The second-order valence-corrected chi connectivity index (χ2v) is 7.20. The third-order valence-corrected chi connectivity index (χ3v) is 5.50. The highest BCUT2D eigenvalue weighted by Crippen LogP contribution is 2.43. The molecule has 2 aliphatic rings. The Morgan fingerprint density at radius 3 is 2.00 bits per heavy atom. The van der Waals surface area contributed by atoms with Crippen LogP contribution in [0.5, 0.6) is 0 Å². The molecule has 1 heterocycles. The summed E-state index contributed by atoms with van der Waals surface area (Å²) in [5.74, 6) is -2.70. The highest BCUT2D eigenvalue weighted by molar-refractivity contribution is 6.46. The van der Waals surface area contributed by atoms with Crippen molar-refractivity contribution in [2.75, 3.05) is 0 Å². The van der Waals surface area contributed by atoms with Crippen LogP contribution < -0.4 is 0 Å². The van der Waals surface area contributed by atoms with Crippen molar-refractivity contribution in [1.29, 1.82) is 0 Å². The molecule has 4 rings (SSSR count). The van der Waals surface area contributed by atoms with Crippen molar-refractivity contribution in [3.8, 4) is 0 Å². The summed E-state index contributed by atoms with van der Waals surface area (Å²) in [7, 11) is 0. The van der Waals surface area contributed by atoms with Gasteiger partial charge in [-0.2, -0.15) is 0 Å². The number of carbonyl (C=O) groups excluding carboxylic acids is 2. The first-order valence-corrected chi connectivity index (χ1v) is 9.29. The molecule has 1 saturated carbocycles. The average molecular weight is 383 g/mol. The number of nitrogens with zero attached hydrogens (tertiary/aromatic N) is 1. The highest BCUT2D eigenvalue weighted by Gasteiger charge is 2.49. The molecule has 1 amide bonds. The smallest absolute Gasteiger partial charge is 0.295 e. The first-order chi connectivity index (χ1) is 13.5. The van der Waals surface area contributed by atoms with Crippen molar-refractivity contribution in [2.24, 2.45) is 0 Å². The van der Waals surface area contributed by atoms with Crippen molar-refractivity contribution in [2.45, 2.75) is 37.8 Å². The van der Waals surface area contributed by atoms with E-state index in [0.29, 0.717) is 5.56 Å². The Morgan fingerprint density at radius 2 is 1.43 bits per heavy atom. The van der Waals surface area contributed by atoms with Crippen LogP contribution in [0.1, 0.15) is 42.9 Å². The summed E-state index contributed by atoms with van der Waals surface area (Å²) < 4.78 is 26.7. The Hall–Kier alpha value is -3.02. The Morgan fingerprint density at radius 1 is 0.893 bits per heavy atom. The number of rotatable bonds is 3. The maximum Gasteiger partial charge on any atom is 0.295 e. The Labute approximate surface area is 161 Å². The summed E-state index contributed by atoms with van der Waals surface area (Å²) in [4.78, 5) is 27.2. The van der Waals surface area contributed by atoms with Gasteiger partial charge in [0.1, 0.15) is 17.4 Å². The second-order valence-electron chi connectivity index (χ2n) is 7.20. The molecule has 1 aliphatic heterocycles. The van der Waals surface area contributed by atoms with E-state index in [0.717, 1.165) is 25.7 Å². The number of amides is 1. The average Bonchev–Trinajstić information content (AvgIpc) is 3.30. The summed E-state index contributed by atoms with van der Waals surface area (Å²) in [6.45, 7) is 0. The molecule has 0 bridgehead atoms. The monoisotopic (exact) mass is 383 g/mol. The van der Waals surface area contributed by atoms with Gasteiger partial charge < -0.3 is 10.0 Å². The van der Waals surface area contributed by atoms with E-state index in [9.17, 15) is 23.5 Å². The minimum Gasteiger partial charge on any atom is -0.507 e. The van der Waals surface area contributed by atoms with E-state index in [2.05, 4.69) is 0 Å². The quantitative estimate of drug-likeness (QED) is 0.488. The van der Waals surface area contributed by atoms with Crippen LogP contribution in [0.15, 0.2) is 54.1 Å². The molecular weight excluding hydrogens is 364 g/mol. The van der Waals surface area contributed by atoms with E-state index in [1.165, 1.54) is 53.4 Å². The Bertz CT molecular complexity index is 945. The van der Waals surface area contributed by atoms with E-state index in [1.54, 1.807) is 0 Å². The molecule has 2 aromatic carbocycles. The van der Waals surface area contributed by atoms with Gasteiger partial charge in [-0.25, -0.2) is 8.78 Å². The number of halogens is 2. The number of hydrogen-bond acceptors (Lipinski definition) is 3. The third kappa shape index (κ3) is 3.09. The molecule has 2 fully saturated rings.